The van der Waals surface area contributed by atoms with E-state index in [1.54, 1.807) is 19.1 Å². The Morgan fingerprint density at radius 3 is 2.87 bits per heavy atom. The number of anilines is 1. The zero-order valence-electron chi connectivity index (χ0n) is 8.33. The molecule has 0 aliphatic carbocycles. The fraction of sp³-hybridized carbons (Fsp3) is 0.300. The third-order valence-corrected chi connectivity index (χ3v) is 2.11. The highest BCUT2D eigenvalue weighted by Gasteiger charge is 2.10. The van der Waals surface area contributed by atoms with Crippen molar-refractivity contribution in [1.82, 2.24) is 5.32 Å². The predicted octanol–water partition coefficient (Wildman–Crippen LogP) is 1.03. The van der Waals surface area contributed by atoms with Crippen LogP contribution >= 0.6 is 11.6 Å². The van der Waals surface area contributed by atoms with Gasteiger partial charge >= 0.3 is 0 Å². The quantitative estimate of drug-likeness (QED) is 0.677. The van der Waals surface area contributed by atoms with Gasteiger partial charge < -0.3 is 16.2 Å². The Bertz CT molecular complexity index is 366. The van der Waals surface area contributed by atoms with Gasteiger partial charge in [0.05, 0.1) is 16.7 Å². The summed E-state index contributed by atoms with van der Waals surface area (Å²) in [6.45, 7) is 1.78. The van der Waals surface area contributed by atoms with E-state index in [4.69, 9.17) is 22.4 Å². The molecule has 4 nitrogen and oxygen atoms in total. The lowest BCUT2D eigenvalue weighted by Crippen LogP contribution is -2.30. The van der Waals surface area contributed by atoms with Gasteiger partial charge in [-0.3, -0.25) is 4.79 Å². The number of rotatable bonds is 3. The summed E-state index contributed by atoms with van der Waals surface area (Å²) in [7, 11) is 0. The highest BCUT2D eigenvalue weighted by atomic mass is 35.5. The van der Waals surface area contributed by atoms with E-state index in [0.717, 1.165) is 0 Å². The highest BCUT2D eigenvalue weighted by Crippen LogP contribution is 2.18. The van der Waals surface area contributed by atoms with Crippen LogP contribution in [-0.4, -0.2) is 23.7 Å². The van der Waals surface area contributed by atoms with Gasteiger partial charge in [0.1, 0.15) is 0 Å². The Labute approximate surface area is 93.0 Å². The lowest BCUT2D eigenvalue weighted by atomic mass is 10.2. The van der Waals surface area contributed by atoms with Crippen LogP contribution in [0, 0.1) is 0 Å². The van der Waals surface area contributed by atoms with Crippen LogP contribution in [0.15, 0.2) is 18.2 Å². The van der Waals surface area contributed by atoms with E-state index in [1.807, 2.05) is 0 Å². The topological polar surface area (TPSA) is 75.3 Å². The minimum Gasteiger partial charge on any atom is -0.399 e. The van der Waals surface area contributed by atoms with E-state index in [9.17, 15) is 4.79 Å². The largest absolute Gasteiger partial charge is 0.399 e. The van der Waals surface area contributed by atoms with Gasteiger partial charge in [0.2, 0.25) is 0 Å². The number of carbonyl (C=O) groups excluding carboxylic acids is 1. The smallest absolute Gasteiger partial charge is 0.252 e. The average molecular weight is 229 g/mol. The molecule has 1 atom stereocenters. The first-order valence-electron chi connectivity index (χ1n) is 4.52. The van der Waals surface area contributed by atoms with E-state index < -0.39 is 6.10 Å². The molecule has 0 spiro atoms. The van der Waals surface area contributed by atoms with Crippen molar-refractivity contribution in [3.05, 3.63) is 28.8 Å². The molecule has 0 aliphatic rings. The van der Waals surface area contributed by atoms with Crippen molar-refractivity contribution in [3.63, 3.8) is 0 Å². The number of nitrogens with two attached hydrogens (primary N) is 1. The Morgan fingerprint density at radius 1 is 1.67 bits per heavy atom. The normalized spacial score (nSPS) is 12.2. The molecular formula is C10H13ClN2O2. The van der Waals surface area contributed by atoms with Crippen LogP contribution in [0.4, 0.5) is 5.69 Å². The van der Waals surface area contributed by atoms with Crippen LogP contribution in [0.2, 0.25) is 5.02 Å². The Balaban J connectivity index is 2.74. The molecule has 5 heteroatoms. The molecule has 0 fully saturated rings. The fourth-order valence-corrected chi connectivity index (χ4v) is 1.33. The van der Waals surface area contributed by atoms with E-state index in [0.29, 0.717) is 16.3 Å². The predicted molar refractivity (Wildman–Crippen MR) is 59.9 cm³/mol. The molecule has 1 rings (SSSR count). The number of amides is 1. The number of carbonyl (C=O) groups is 1. The van der Waals surface area contributed by atoms with Crippen LogP contribution in [-0.2, 0) is 0 Å². The number of nitrogen functional groups attached to an aromatic ring is 1. The van der Waals surface area contributed by atoms with E-state index in [-0.39, 0.29) is 12.5 Å². The molecule has 4 N–H and O–H groups in total. The van der Waals surface area contributed by atoms with Crippen molar-refractivity contribution < 1.29 is 9.90 Å². The van der Waals surface area contributed by atoms with Gasteiger partial charge in [-0.05, 0) is 25.1 Å². The zero-order valence-corrected chi connectivity index (χ0v) is 9.08. The Kier molecular flexibility index (Phi) is 3.94. The molecule has 0 unspecified atom stereocenters. The number of hydrogen-bond acceptors (Lipinski definition) is 3. The summed E-state index contributed by atoms with van der Waals surface area (Å²) >= 11 is 5.84. The minimum atomic E-state index is -0.582. The summed E-state index contributed by atoms with van der Waals surface area (Å²) in [5, 5.41) is 11.8. The summed E-state index contributed by atoms with van der Waals surface area (Å²) in [6.07, 6.45) is -0.582. The molecule has 0 heterocycles. The lowest BCUT2D eigenvalue weighted by molar-refractivity contribution is 0.0924. The van der Waals surface area contributed by atoms with E-state index in [2.05, 4.69) is 5.32 Å². The monoisotopic (exact) mass is 228 g/mol. The number of benzene rings is 1. The molecule has 0 saturated carbocycles. The first-order chi connectivity index (χ1) is 7.00. The summed E-state index contributed by atoms with van der Waals surface area (Å²) in [6, 6.07) is 4.66. The average Bonchev–Trinajstić information content (AvgIpc) is 2.14. The maximum Gasteiger partial charge on any atom is 0.252 e. The van der Waals surface area contributed by atoms with Crippen LogP contribution in [0.25, 0.3) is 0 Å². The summed E-state index contributed by atoms with van der Waals surface area (Å²) < 4.78 is 0. The van der Waals surface area contributed by atoms with Crippen LogP contribution < -0.4 is 11.1 Å². The molecule has 82 valence electrons. The van der Waals surface area contributed by atoms with Crippen LogP contribution in [0.1, 0.15) is 17.3 Å². The molecular weight excluding hydrogens is 216 g/mol. The molecule has 15 heavy (non-hydrogen) atoms. The van der Waals surface area contributed by atoms with Crippen molar-refractivity contribution in [1.29, 1.82) is 0 Å². The molecule has 0 aliphatic heterocycles. The van der Waals surface area contributed by atoms with Crippen molar-refractivity contribution in [2.45, 2.75) is 13.0 Å². The maximum absolute atomic E-state index is 11.5. The van der Waals surface area contributed by atoms with E-state index >= 15 is 0 Å². The van der Waals surface area contributed by atoms with Crippen molar-refractivity contribution >= 4 is 23.2 Å². The molecule has 1 aromatic carbocycles. The first kappa shape index (κ1) is 11.8. The van der Waals surface area contributed by atoms with Crippen LogP contribution in [0.5, 0.6) is 0 Å². The molecule has 0 radical (unpaired) electrons. The van der Waals surface area contributed by atoms with Gasteiger partial charge in [0, 0.05) is 12.2 Å². The van der Waals surface area contributed by atoms with Crippen LogP contribution in [0.3, 0.4) is 0 Å². The second-order valence-electron chi connectivity index (χ2n) is 3.30. The summed E-state index contributed by atoms with van der Waals surface area (Å²) in [4.78, 5) is 11.5. The molecule has 0 bridgehead atoms. The molecule has 1 aromatic rings. The van der Waals surface area contributed by atoms with Crippen molar-refractivity contribution in [2.75, 3.05) is 12.3 Å². The highest BCUT2D eigenvalue weighted by molar-refractivity contribution is 6.34. The number of hydrogen-bond donors (Lipinski definition) is 3. The van der Waals surface area contributed by atoms with Gasteiger partial charge in [-0.25, -0.2) is 0 Å². The number of halogens is 1. The lowest BCUT2D eigenvalue weighted by Gasteiger charge is -2.08. The van der Waals surface area contributed by atoms with Gasteiger partial charge in [-0.1, -0.05) is 11.6 Å². The summed E-state index contributed by atoms with van der Waals surface area (Å²) in [5.41, 5.74) is 6.35. The number of aliphatic hydroxyl groups is 1. The molecule has 0 saturated heterocycles. The van der Waals surface area contributed by atoms with Gasteiger partial charge in [0.25, 0.3) is 5.91 Å². The third kappa shape index (κ3) is 3.42. The maximum atomic E-state index is 11.5. The first-order valence-corrected chi connectivity index (χ1v) is 4.90. The summed E-state index contributed by atoms with van der Waals surface area (Å²) in [5.74, 6) is -0.319. The Hall–Kier alpha value is -1.26. The molecule has 0 aromatic heterocycles. The number of nitrogens with one attached hydrogen (secondary N) is 1. The van der Waals surface area contributed by atoms with Gasteiger partial charge in [0.15, 0.2) is 0 Å². The van der Waals surface area contributed by atoms with Gasteiger partial charge in [-0.15, -0.1) is 0 Å². The fourth-order valence-electron chi connectivity index (χ4n) is 1.05. The minimum absolute atomic E-state index is 0.194. The van der Waals surface area contributed by atoms with Crippen molar-refractivity contribution in [3.8, 4) is 0 Å². The zero-order chi connectivity index (χ0) is 11.4. The standard InChI is InChI=1S/C10H13ClN2O2/c1-6(14)5-13-10(15)8-3-2-7(12)4-9(8)11/h2-4,6,14H,5,12H2,1H3,(H,13,15)/t6-/m0/s1. The third-order valence-electron chi connectivity index (χ3n) is 1.80. The van der Waals surface area contributed by atoms with E-state index in [1.165, 1.54) is 6.07 Å². The second-order valence-corrected chi connectivity index (χ2v) is 3.71. The van der Waals surface area contributed by atoms with Crippen molar-refractivity contribution in [2.24, 2.45) is 0 Å². The van der Waals surface area contributed by atoms with Gasteiger partial charge in [-0.2, -0.15) is 0 Å². The second kappa shape index (κ2) is 5.00. The SMILES string of the molecule is C[C@H](O)CNC(=O)c1ccc(N)cc1Cl. The Morgan fingerprint density at radius 2 is 2.33 bits per heavy atom. The molecule has 1 amide bonds. The number of aliphatic hydroxyl groups excluding tert-OH is 1.